The number of carboxylic acids is 1. The molecule has 3 N–H and O–H groups in total. The van der Waals surface area contributed by atoms with E-state index in [0.29, 0.717) is 5.69 Å². The van der Waals surface area contributed by atoms with Gasteiger partial charge in [-0.15, -0.1) is 0 Å². The van der Waals surface area contributed by atoms with E-state index in [9.17, 15) is 9.59 Å². The zero-order valence-electron chi connectivity index (χ0n) is 8.04. The van der Waals surface area contributed by atoms with Gasteiger partial charge in [0.15, 0.2) is 0 Å². The molecule has 0 fully saturated rings. The SMILES string of the molecule is O=C(O)c1c[nH]n(-c2ccc(O)cc2)c1=O. The highest BCUT2D eigenvalue weighted by Gasteiger charge is 2.13. The third-order valence-electron chi connectivity index (χ3n) is 2.11. The lowest BCUT2D eigenvalue weighted by Gasteiger charge is -2.00. The van der Waals surface area contributed by atoms with Crippen LogP contribution in [0.5, 0.6) is 5.75 Å². The third kappa shape index (κ3) is 1.56. The predicted octanol–water partition coefficient (Wildman–Crippen LogP) is 0.569. The third-order valence-corrected chi connectivity index (χ3v) is 2.11. The number of nitrogens with zero attached hydrogens (tertiary/aromatic N) is 1. The second-order valence-corrected chi connectivity index (χ2v) is 3.15. The topological polar surface area (TPSA) is 95.3 Å². The highest BCUT2D eigenvalue weighted by molar-refractivity contribution is 5.86. The average Bonchev–Trinajstić information content (AvgIpc) is 2.61. The molecule has 2 rings (SSSR count). The molecule has 0 aliphatic heterocycles. The molecule has 6 heteroatoms. The highest BCUT2D eigenvalue weighted by Crippen LogP contribution is 2.11. The molecular formula is C10H8N2O4. The van der Waals surface area contributed by atoms with E-state index in [0.717, 1.165) is 10.9 Å². The number of carboxylic acid groups (broad SMARTS) is 1. The summed E-state index contributed by atoms with van der Waals surface area (Å²) in [6.45, 7) is 0. The molecule has 0 spiro atoms. The Kier molecular flexibility index (Phi) is 2.24. The first-order chi connectivity index (χ1) is 7.59. The Hall–Kier alpha value is -2.50. The average molecular weight is 220 g/mol. The fraction of sp³-hybridized carbons (Fsp3) is 0. The van der Waals surface area contributed by atoms with Gasteiger partial charge in [0, 0.05) is 6.20 Å². The molecule has 0 radical (unpaired) electrons. The molecule has 16 heavy (non-hydrogen) atoms. The maximum Gasteiger partial charge on any atom is 0.342 e. The van der Waals surface area contributed by atoms with Gasteiger partial charge in [0.05, 0.1) is 5.69 Å². The molecule has 0 saturated carbocycles. The van der Waals surface area contributed by atoms with Crippen molar-refractivity contribution < 1.29 is 15.0 Å². The number of H-pyrrole nitrogens is 1. The Balaban J connectivity index is 2.53. The summed E-state index contributed by atoms with van der Waals surface area (Å²) >= 11 is 0. The lowest BCUT2D eigenvalue weighted by molar-refractivity contribution is 0.0695. The molecule has 1 heterocycles. The van der Waals surface area contributed by atoms with Gasteiger partial charge in [0.1, 0.15) is 11.3 Å². The summed E-state index contributed by atoms with van der Waals surface area (Å²) < 4.78 is 1.09. The first-order valence-corrected chi connectivity index (χ1v) is 4.42. The molecule has 0 unspecified atom stereocenters. The lowest BCUT2D eigenvalue weighted by atomic mass is 10.3. The van der Waals surface area contributed by atoms with Crippen molar-refractivity contribution in [3.63, 3.8) is 0 Å². The van der Waals surface area contributed by atoms with Crippen molar-refractivity contribution in [1.29, 1.82) is 0 Å². The smallest absolute Gasteiger partial charge is 0.342 e. The number of rotatable bonds is 2. The van der Waals surface area contributed by atoms with Crippen LogP contribution in [0.1, 0.15) is 10.4 Å². The standard InChI is InChI=1S/C10H8N2O4/c13-7-3-1-6(2-4-7)12-9(14)8(5-11-12)10(15)16/h1-5,11,13H,(H,15,16). The maximum atomic E-state index is 11.6. The minimum Gasteiger partial charge on any atom is -0.508 e. The van der Waals surface area contributed by atoms with Crippen LogP contribution in [0.4, 0.5) is 0 Å². The largest absolute Gasteiger partial charge is 0.508 e. The van der Waals surface area contributed by atoms with Crippen LogP contribution >= 0.6 is 0 Å². The Labute approximate surface area is 89.4 Å². The van der Waals surface area contributed by atoms with Gasteiger partial charge in [0.2, 0.25) is 0 Å². The van der Waals surface area contributed by atoms with Crippen LogP contribution in [0.3, 0.4) is 0 Å². The van der Waals surface area contributed by atoms with E-state index in [2.05, 4.69) is 5.10 Å². The van der Waals surface area contributed by atoms with E-state index in [4.69, 9.17) is 10.2 Å². The number of nitrogens with one attached hydrogen (secondary N) is 1. The van der Waals surface area contributed by atoms with Crippen molar-refractivity contribution in [2.45, 2.75) is 0 Å². The lowest BCUT2D eigenvalue weighted by Crippen LogP contribution is -2.19. The number of phenols is 1. The van der Waals surface area contributed by atoms with Crippen LogP contribution in [0.25, 0.3) is 5.69 Å². The molecule has 2 aromatic rings. The molecule has 1 aromatic heterocycles. The summed E-state index contributed by atoms with van der Waals surface area (Å²) in [7, 11) is 0. The zero-order chi connectivity index (χ0) is 11.7. The Bertz CT molecular complexity index is 580. The fourth-order valence-corrected chi connectivity index (χ4v) is 1.32. The summed E-state index contributed by atoms with van der Waals surface area (Å²) in [6, 6.07) is 5.81. The van der Waals surface area contributed by atoms with Gasteiger partial charge >= 0.3 is 5.97 Å². The van der Waals surface area contributed by atoms with Crippen molar-refractivity contribution in [1.82, 2.24) is 9.78 Å². The fourth-order valence-electron chi connectivity index (χ4n) is 1.32. The van der Waals surface area contributed by atoms with Gasteiger partial charge in [0.25, 0.3) is 5.56 Å². The molecule has 82 valence electrons. The van der Waals surface area contributed by atoms with Gasteiger partial charge in [-0.05, 0) is 24.3 Å². The van der Waals surface area contributed by atoms with E-state index < -0.39 is 11.5 Å². The quantitative estimate of drug-likeness (QED) is 0.689. The summed E-state index contributed by atoms with van der Waals surface area (Å²) in [5.41, 5.74) is -0.512. The van der Waals surface area contributed by atoms with E-state index in [1.54, 1.807) is 0 Å². The molecule has 0 saturated heterocycles. The Morgan fingerprint density at radius 2 is 1.88 bits per heavy atom. The Morgan fingerprint density at radius 1 is 1.25 bits per heavy atom. The number of aromatic carboxylic acids is 1. The molecule has 6 nitrogen and oxygen atoms in total. The van der Waals surface area contributed by atoms with Crippen molar-refractivity contribution in [2.24, 2.45) is 0 Å². The predicted molar refractivity (Wildman–Crippen MR) is 55.0 cm³/mol. The minimum absolute atomic E-state index is 0.0711. The van der Waals surface area contributed by atoms with Crippen LogP contribution in [-0.2, 0) is 0 Å². The summed E-state index contributed by atoms with van der Waals surface area (Å²) in [5, 5.41) is 20.3. The van der Waals surface area contributed by atoms with E-state index >= 15 is 0 Å². The number of aromatic hydroxyl groups is 1. The van der Waals surface area contributed by atoms with E-state index in [1.807, 2.05) is 0 Å². The highest BCUT2D eigenvalue weighted by atomic mass is 16.4. The number of hydrogen-bond acceptors (Lipinski definition) is 3. The van der Waals surface area contributed by atoms with Crippen LogP contribution in [-0.4, -0.2) is 26.0 Å². The van der Waals surface area contributed by atoms with Crippen LogP contribution in [0.15, 0.2) is 35.3 Å². The minimum atomic E-state index is -1.28. The zero-order valence-corrected chi connectivity index (χ0v) is 8.04. The summed E-state index contributed by atoms with van der Waals surface area (Å²) in [6.07, 6.45) is 1.12. The number of phenolic OH excluding ortho intramolecular Hbond substituents is 1. The van der Waals surface area contributed by atoms with Gasteiger partial charge in [-0.1, -0.05) is 0 Å². The van der Waals surface area contributed by atoms with Crippen molar-refractivity contribution in [2.75, 3.05) is 0 Å². The van der Waals surface area contributed by atoms with Gasteiger partial charge in [-0.2, -0.15) is 0 Å². The summed E-state index contributed by atoms with van der Waals surface area (Å²) in [5.74, 6) is -1.21. The molecule has 0 bridgehead atoms. The molecular weight excluding hydrogens is 212 g/mol. The monoisotopic (exact) mass is 220 g/mol. The molecule has 0 atom stereocenters. The normalized spacial score (nSPS) is 10.2. The maximum absolute atomic E-state index is 11.6. The molecule has 0 aliphatic carbocycles. The molecule has 1 aromatic carbocycles. The van der Waals surface area contributed by atoms with Crippen LogP contribution in [0, 0.1) is 0 Å². The summed E-state index contributed by atoms with van der Waals surface area (Å²) in [4.78, 5) is 22.2. The van der Waals surface area contributed by atoms with E-state index in [-0.39, 0.29) is 11.3 Å². The van der Waals surface area contributed by atoms with Crippen molar-refractivity contribution in [3.05, 3.63) is 46.4 Å². The second-order valence-electron chi connectivity index (χ2n) is 3.15. The van der Waals surface area contributed by atoms with Gasteiger partial charge in [-0.3, -0.25) is 9.89 Å². The first kappa shape index (κ1) is 10.0. The number of aromatic nitrogens is 2. The van der Waals surface area contributed by atoms with E-state index in [1.165, 1.54) is 24.3 Å². The van der Waals surface area contributed by atoms with Crippen molar-refractivity contribution >= 4 is 5.97 Å². The molecule has 0 amide bonds. The second kappa shape index (κ2) is 3.58. The van der Waals surface area contributed by atoms with Crippen LogP contribution in [0.2, 0.25) is 0 Å². The number of carbonyl (C=O) groups is 1. The molecule has 0 aliphatic rings. The van der Waals surface area contributed by atoms with Gasteiger partial charge < -0.3 is 10.2 Å². The number of benzene rings is 1. The number of hydrogen-bond donors (Lipinski definition) is 3. The van der Waals surface area contributed by atoms with Crippen LogP contribution < -0.4 is 5.56 Å². The van der Waals surface area contributed by atoms with Gasteiger partial charge in [-0.25, -0.2) is 9.48 Å². The first-order valence-electron chi connectivity index (χ1n) is 4.42. The van der Waals surface area contributed by atoms with Crippen molar-refractivity contribution in [3.8, 4) is 11.4 Å². The Morgan fingerprint density at radius 3 is 2.38 bits per heavy atom. The number of aromatic amines is 1.